The normalized spacial score (nSPS) is 24.3. The Balaban J connectivity index is 2.31. The van der Waals surface area contributed by atoms with Gasteiger partial charge in [0.15, 0.2) is 5.79 Å². The second kappa shape index (κ2) is 3.07. The maximum atomic E-state index is 5.63. The number of alkyl halides is 1. The zero-order valence-electron chi connectivity index (χ0n) is 6.39. The maximum absolute atomic E-state index is 5.63. The van der Waals surface area contributed by atoms with Crippen LogP contribution in [0.15, 0.2) is 0 Å². The average molecular weight is 165 g/mol. The number of hydrogen-bond donors (Lipinski definition) is 0. The van der Waals surface area contributed by atoms with Gasteiger partial charge in [0.25, 0.3) is 0 Å². The summed E-state index contributed by atoms with van der Waals surface area (Å²) in [5.74, 6) is 0.996. The molecular formula is C7H13ClO2. The summed E-state index contributed by atoms with van der Waals surface area (Å²) in [5, 5.41) is 0. The lowest BCUT2D eigenvalue weighted by Gasteiger charge is -2.44. The first-order valence-electron chi connectivity index (χ1n) is 3.42. The number of hydrogen-bond acceptors (Lipinski definition) is 2. The van der Waals surface area contributed by atoms with Crippen molar-refractivity contribution in [1.29, 1.82) is 0 Å². The topological polar surface area (TPSA) is 18.5 Å². The van der Waals surface area contributed by atoms with Gasteiger partial charge in [-0.15, -0.1) is 11.6 Å². The lowest BCUT2D eigenvalue weighted by atomic mass is 9.80. The van der Waals surface area contributed by atoms with E-state index in [0.717, 1.165) is 12.8 Å². The third-order valence-corrected chi connectivity index (χ3v) is 2.60. The monoisotopic (exact) mass is 164 g/mol. The Morgan fingerprint density at radius 2 is 1.90 bits per heavy atom. The number of halogens is 1. The van der Waals surface area contributed by atoms with Crippen LogP contribution in [0.2, 0.25) is 0 Å². The van der Waals surface area contributed by atoms with Gasteiger partial charge in [-0.05, 0) is 5.92 Å². The number of rotatable bonds is 3. The van der Waals surface area contributed by atoms with E-state index in [1.165, 1.54) is 0 Å². The molecular weight excluding hydrogens is 152 g/mol. The zero-order chi connectivity index (χ0) is 7.61. The van der Waals surface area contributed by atoms with E-state index in [1.54, 1.807) is 14.2 Å². The third-order valence-electron chi connectivity index (χ3n) is 2.16. The average Bonchev–Trinajstić information content (AvgIpc) is 1.89. The summed E-state index contributed by atoms with van der Waals surface area (Å²) >= 11 is 5.63. The third kappa shape index (κ3) is 1.29. The van der Waals surface area contributed by atoms with E-state index in [-0.39, 0.29) is 5.79 Å². The van der Waals surface area contributed by atoms with Gasteiger partial charge >= 0.3 is 0 Å². The predicted molar refractivity (Wildman–Crippen MR) is 40.2 cm³/mol. The molecule has 1 aliphatic carbocycles. The molecule has 1 aliphatic rings. The summed E-state index contributed by atoms with van der Waals surface area (Å²) in [4.78, 5) is 0. The van der Waals surface area contributed by atoms with Crippen LogP contribution in [0.4, 0.5) is 0 Å². The van der Waals surface area contributed by atoms with Crippen molar-refractivity contribution >= 4 is 11.6 Å². The smallest absolute Gasteiger partial charge is 0.168 e. The fraction of sp³-hybridized carbons (Fsp3) is 1.00. The first-order valence-corrected chi connectivity index (χ1v) is 3.96. The van der Waals surface area contributed by atoms with Crippen molar-refractivity contribution in [2.45, 2.75) is 18.6 Å². The summed E-state index contributed by atoms with van der Waals surface area (Å²) < 4.78 is 10.3. The van der Waals surface area contributed by atoms with Crippen molar-refractivity contribution in [1.82, 2.24) is 0 Å². The van der Waals surface area contributed by atoms with Crippen LogP contribution in [0.5, 0.6) is 0 Å². The molecule has 0 aromatic heterocycles. The molecule has 0 radical (unpaired) electrons. The van der Waals surface area contributed by atoms with Gasteiger partial charge in [-0.25, -0.2) is 0 Å². The number of ether oxygens (including phenoxy) is 2. The molecule has 0 heterocycles. The quantitative estimate of drug-likeness (QED) is 0.466. The minimum Gasteiger partial charge on any atom is -0.353 e. The molecule has 2 nitrogen and oxygen atoms in total. The summed E-state index contributed by atoms with van der Waals surface area (Å²) in [5.41, 5.74) is 0. The molecule has 0 N–H and O–H groups in total. The van der Waals surface area contributed by atoms with Gasteiger partial charge in [-0.2, -0.15) is 0 Å². The molecule has 0 bridgehead atoms. The van der Waals surface area contributed by atoms with E-state index >= 15 is 0 Å². The van der Waals surface area contributed by atoms with Crippen molar-refractivity contribution in [2.75, 3.05) is 20.1 Å². The molecule has 0 atom stereocenters. The van der Waals surface area contributed by atoms with Crippen LogP contribution in [0.3, 0.4) is 0 Å². The van der Waals surface area contributed by atoms with E-state index in [9.17, 15) is 0 Å². The van der Waals surface area contributed by atoms with Gasteiger partial charge in [-0.3, -0.25) is 0 Å². The Bertz CT molecular complexity index is 104. The van der Waals surface area contributed by atoms with E-state index in [4.69, 9.17) is 21.1 Å². The van der Waals surface area contributed by atoms with E-state index in [1.807, 2.05) is 0 Å². The van der Waals surface area contributed by atoms with Gasteiger partial charge in [0.1, 0.15) is 0 Å². The Morgan fingerprint density at radius 3 is 2.20 bits per heavy atom. The Labute approximate surface area is 66.5 Å². The molecule has 0 unspecified atom stereocenters. The van der Waals surface area contributed by atoms with Crippen LogP contribution < -0.4 is 0 Å². The van der Waals surface area contributed by atoms with Crippen LogP contribution in [0, 0.1) is 5.92 Å². The molecule has 1 saturated carbocycles. The summed E-state index contributed by atoms with van der Waals surface area (Å²) in [6, 6.07) is 0. The van der Waals surface area contributed by atoms with Crippen LogP contribution in [0.1, 0.15) is 12.8 Å². The van der Waals surface area contributed by atoms with Gasteiger partial charge in [0.05, 0.1) is 0 Å². The highest BCUT2D eigenvalue weighted by molar-refractivity contribution is 6.18. The lowest BCUT2D eigenvalue weighted by Crippen LogP contribution is -2.47. The van der Waals surface area contributed by atoms with Crippen molar-refractivity contribution in [3.63, 3.8) is 0 Å². The minimum atomic E-state index is -0.306. The molecule has 0 aromatic carbocycles. The van der Waals surface area contributed by atoms with Crippen LogP contribution in [-0.4, -0.2) is 25.9 Å². The molecule has 0 saturated heterocycles. The first-order chi connectivity index (χ1) is 4.76. The molecule has 0 aromatic rings. The fourth-order valence-corrected chi connectivity index (χ4v) is 1.56. The second-order valence-corrected chi connectivity index (χ2v) is 3.06. The van der Waals surface area contributed by atoms with Crippen molar-refractivity contribution in [3.8, 4) is 0 Å². The SMILES string of the molecule is COC1(OC)CC(CCl)C1. The molecule has 60 valence electrons. The Kier molecular flexibility index (Phi) is 2.55. The van der Waals surface area contributed by atoms with Crippen molar-refractivity contribution < 1.29 is 9.47 Å². The standard InChI is InChI=1S/C7H13ClO2/c1-9-7(10-2)3-6(4-7)5-8/h6H,3-5H2,1-2H3. The highest BCUT2D eigenvalue weighted by atomic mass is 35.5. The summed E-state index contributed by atoms with van der Waals surface area (Å²) in [7, 11) is 3.35. The fourth-order valence-electron chi connectivity index (χ4n) is 1.35. The van der Waals surface area contributed by atoms with Crippen LogP contribution in [0.25, 0.3) is 0 Å². The van der Waals surface area contributed by atoms with E-state index < -0.39 is 0 Å². The molecule has 3 heteroatoms. The predicted octanol–water partition coefficient (Wildman–Crippen LogP) is 1.62. The van der Waals surface area contributed by atoms with Crippen LogP contribution >= 0.6 is 11.6 Å². The molecule has 1 fully saturated rings. The zero-order valence-corrected chi connectivity index (χ0v) is 7.15. The van der Waals surface area contributed by atoms with E-state index in [0.29, 0.717) is 11.8 Å². The molecule has 0 spiro atoms. The molecule has 0 aliphatic heterocycles. The Morgan fingerprint density at radius 1 is 1.40 bits per heavy atom. The van der Waals surface area contributed by atoms with Crippen LogP contribution in [-0.2, 0) is 9.47 Å². The van der Waals surface area contributed by atoms with Crippen molar-refractivity contribution in [3.05, 3.63) is 0 Å². The van der Waals surface area contributed by atoms with E-state index in [2.05, 4.69) is 0 Å². The first kappa shape index (κ1) is 8.31. The molecule has 10 heavy (non-hydrogen) atoms. The Hall–Kier alpha value is 0.210. The van der Waals surface area contributed by atoms with Gasteiger partial charge < -0.3 is 9.47 Å². The highest BCUT2D eigenvalue weighted by Crippen LogP contribution is 2.41. The maximum Gasteiger partial charge on any atom is 0.168 e. The lowest BCUT2D eigenvalue weighted by molar-refractivity contribution is -0.266. The highest BCUT2D eigenvalue weighted by Gasteiger charge is 2.44. The molecule has 0 amide bonds. The van der Waals surface area contributed by atoms with Crippen molar-refractivity contribution in [2.24, 2.45) is 5.92 Å². The minimum absolute atomic E-state index is 0.306. The van der Waals surface area contributed by atoms with Gasteiger partial charge in [0.2, 0.25) is 0 Å². The summed E-state index contributed by atoms with van der Waals surface area (Å²) in [6.45, 7) is 0. The molecule has 1 rings (SSSR count). The van der Waals surface area contributed by atoms with Gasteiger partial charge in [0, 0.05) is 32.9 Å². The van der Waals surface area contributed by atoms with Gasteiger partial charge in [-0.1, -0.05) is 0 Å². The largest absolute Gasteiger partial charge is 0.353 e. The second-order valence-electron chi connectivity index (χ2n) is 2.75. The summed E-state index contributed by atoms with van der Waals surface area (Å²) in [6.07, 6.45) is 1.87. The number of methoxy groups -OCH3 is 2.